The molecule has 0 radical (unpaired) electrons. The third-order valence-electron chi connectivity index (χ3n) is 2.33. The quantitative estimate of drug-likeness (QED) is 0.650. The number of aromatic nitrogens is 1. The molecule has 1 aromatic heterocycles. The summed E-state index contributed by atoms with van der Waals surface area (Å²) < 4.78 is 4.11. The van der Waals surface area contributed by atoms with Crippen LogP contribution in [0.1, 0.15) is 24.6 Å². The maximum Gasteiger partial charge on any atom is 0.0524 e. The van der Waals surface area contributed by atoms with Gasteiger partial charge < -0.3 is 0 Å². The molecule has 0 bridgehead atoms. The third-order valence-corrected chi connectivity index (χ3v) is 3.46. The third kappa shape index (κ3) is 2.12. The maximum atomic E-state index is 6.13. The predicted molar refractivity (Wildman–Crippen MR) is 58.1 cm³/mol. The first-order valence-corrected chi connectivity index (χ1v) is 5.72. The lowest BCUT2D eigenvalue weighted by atomic mass is 9.89. The van der Waals surface area contributed by atoms with Crippen LogP contribution in [-0.2, 0) is 0 Å². The molecule has 0 spiro atoms. The minimum Gasteiger partial charge on any atom is -0.201 e. The summed E-state index contributed by atoms with van der Waals surface area (Å²) in [6, 6.07) is 2.07. The van der Waals surface area contributed by atoms with Crippen LogP contribution in [0.3, 0.4) is 0 Å². The highest BCUT2D eigenvalue weighted by Crippen LogP contribution is 2.33. The Morgan fingerprint density at radius 3 is 3.08 bits per heavy atom. The molecule has 0 aliphatic heterocycles. The zero-order chi connectivity index (χ0) is 9.26. The zero-order valence-corrected chi connectivity index (χ0v) is 9.11. The minimum absolute atomic E-state index is 0.209. The van der Waals surface area contributed by atoms with Gasteiger partial charge >= 0.3 is 0 Å². The lowest BCUT2D eigenvalue weighted by molar-refractivity contribution is 0.541. The van der Waals surface area contributed by atoms with Crippen molar-refractivity contribution in [2.24, 2.45) is 5.92 Å². The number of rotatable bonds is 1. The van der Waals surface area contributed by atoms with Gasteiger partial charge in [-0.25, -0.2) is 4.37 Å². The molecule has 0 amide bonds. The van der Waals surface area contributed by atoms with Gasteiger partial charge in [0.15, 0.2) is 0 Å². The number of nitrogens with zero attached hydrogens (tertiary/aromatic N) is 1. The van der Waals surface area contributed by atoms with Crippen molar-refractivity contribution in [2.45, 2.75) is 25.1 Å². The Morgan fingerprint density at radius 2 is 2.46 bits per heavy atom. The van der Waals surface area contributed by atoms with Crippen molar-refractivity contribution in [1.82, 2.24) is 4.37 Å². The first kappa shape index (κ1) is 9.22. The van der Waals surface area contributed by atoms with Crippen molar-refractivity contribution in [3.8, 4) is 0 Å². The number of halogens is 1. The largest absolute Gasteiger partial charge is 0.201 e. The van der Waals surface area contributed by atoms with E-state index in [4.69, 9.17) is 11.6 Å². The molecule has 1 aromatic rings. The Hall–Kier alpha value is -0.340. The van der Waals surface area contributed by atoms with Crippen LogP contribution in [0.5, 0.6) is 0 Å². The lowest BCUT2D eigenvalue weighted by Crippen LogP contribution is -2.10. The molecule has 1 heterocycles. The van der Waals surface area contributed by atoms with E-state index < -0.39 is 0 Å². The standard InChI is InChI=1S/C10H12ClNS/c1-7-4-8(6-9(11)5-7)10-2-3-12-13-10/h2-3,6-7,9H,4-5H2,1H3. The highest BCUT2D eigenvalue weighted by Gasteiger charge is 2.18. The van der Waals surface area contributed by atoms with E-state index in [1.165, 1.54) is 10.5 Å². The van der Waals surface area contributed by atoms with E-state index in [0.29, 0.717) is 5.92 Å². The molecular weight excluding hydrogens is 202 g/mol. The maximum absolute atomic E-state index is 6.13. The molecule has 1 nitrogen and oxygen atoms in total. The second kappa shape index (κ2) is 3.81. The first-order chi connectivity index (χ1) is 6.25. The lowest BCUT2D eigenvalue weighted by Gasteiger charge is -2.21. The Balaban J connectivity index is 2.24. The van der Waals surface area contributed by atoms with Crippen molar-refractivity contribution in [1.29, 1.82) is 0 Å². The summed E-state index contributed by atoms with van der Waals surface area (Å²) in [5.74, 6) is 0.699. The fraction of sp³-hybridized carbons (Fsp3) is 0.500. The number of hydrogen-bond acceptors (Lipinski definition) is 2. The topological polar surface area (TPSA) is 12.9 Å². The number of alkyl halides is 1. The summed E-state index contributed by atoms with van der Waals surface area (Å²) >= 11 is 7.69. The molecule has 13 heavy (non-hydrogen) atoms. The summed E-state index contributed by atoms with van der Waals surface area (Å²) in [4.78, 5) is 1.28. The van der Waals surface area contributed by atoms with Crippen LogP contribution in [0.15, 0.2) is 18.3 Å². The monoisotopic (exact) mass is 213 g/mol. The average molecular weight is 214 g/mol. The molecule has 0 aromatic carbocycles. The van der Waals surface area contributed by atoms with Crippen molar-refractivity contribution >= 4 is 28.7 Å². The predicted octanol–water partition coefficient (Wildman–Crippen LogP) is 3.56. The summed E-state index contributed by atoms with van der Waals surface area (Å²) in [5.41, 5.74) is 1.38. The second-order valence-electron chi connectivity index (χ2n) is 3.63. The average Bonchev–Trinajstić information content (AvgIpc) is 2.53. The molecule has 3 heteroatoms. The summed E-state index contributed by atoms with van der Waals surface area (Å²) in [6.45, 7) is 2.25. The van der Waals surface area contributed by atoms with E-state index in [0.717, 1.165) is 12.8 Å². The Kier molecular flexibility index (Phi) is 2.70. The molecule has 1 aliphatic rings. The van der Waals surface area contributed by atoms with Gasteiger partial charge in [0.25, 0.3) is 0 Å². The van der Waals surface area contributed by atoms with E-state index >= 15 is 0 Å². The van der Waals surface area contributed by atoms with Gasteiger partial charge in [-0.2, -0.15) is 0 Å². The SMILES string of the molecule is CC1CC(c2ccns2)=CC(Cl)C1. The summed E-state index contributed by atoms with van der Waals surface area (Å²) in [6.07, 6.45) is 6.27. The van der Waals surface area contributed by atoms with Crippen LogP contribution in [-0.4, -0.2) is 9.75 Å². The van der Waals surface area contributed by atoms with Crippen LogP contribution < -0.4 is 0 Å². The van der Waals surface area contributed by atoms with Gasteiger partial charge in [-0.3, -0.25) is 0 Å². The van der Waals surface area contributed by atoms with Gasteiger partial charge in [0, 0.05) is 6.20 Å². The molecule has 1 aliphatic carbocycles. The fourth-order valence-electron chi connectivity index (χ4n) is 1.76. The van der Waals surface area contributed by atoms with E-state index in [2.05, 4.69) is 23.4 Å². The zero-order valence-electron chi connectivity index (χ0n) is 7.53. The number of hydrogen-bond donors (Lipinski definition) is 0. The Labute approximate surface area is 87.6 Å². The molecule has 2 unspecified atom stereocenters. The normalized spacial score (nSPS) is 28.6. The smallest absolute Gasteiger partial charge is 0.0524 e. The van der Waals surface area contributed by atoms with Crippen LogP contribution >= 0.6 is 23.1 Å². The summed E-state index contributed by atoms with van der Waals surface area (Å²) in [5, 5.41) is 0.209. The molecular formula is C10H12ClNS. The highest BCUT2D eigenvalue weighted by molar-refractivity contribution is 7.06. The van der Waals surface area contributed by atoms with Crippen molar-refractivity contribution in [3.05, 3.63) is 23.2 Å². The van der Waals surface area contributed by atoms with Gasteiger partial charge in [-0.15, -0.1) is 11.6 Å². The van der Waals surface area contributed by atoms with Crippen LogP contribution in [0.4, 0.5) is 0 Å². The van der Waals surface area contributed by atoms with E-state index in [-0.39, 0.29) is 5.38 Å². The number of allylic oxidation sites excluding steroid dienone is 2. The van der Waals surface area contributed by atoms with Crippen LogP contribution in [0.2, 0.25) is 0 Å². The molecule has 0 saturated heterocycles. The van der Waals surface area contributed by atoms with Gasteiger partial charge in [0.05, 0.1) is 10.3 Å². The van der Waals surface area contributed by atoms with Crippen molar-refractivity contribution in [3.63, 3.8) is 0 Å². The van der Waals surface area contributed by atoms with Gasteiger partial charge in [-0.05, 0) is 41.9 Å². The van der Waals surface area contributed by atoms with Gasteiger partial charge in [0.1, 0.15) is 0 Å². The van der Waals surface area contributed by atoms with Crippen LogP contribution in [0, 0.1) is 5.92 Å². The molecule has 0 saturated carbocycles. The first-order valence-electron chi connectivity index (χ1n) is 4.51. The van der Waals surface area contributed by atoms with E-state index in [1.54, 1.807) is 11.5 Å². The highest BCUT2D eigenvalue weighted by atomic mass is 35.5. The second-order valence-corrected chi connectivity index (χ2v) is 5.02. The van der Waals surface area contributed by atoms with Crippen molar-refractivity contribution < 1.29 is 0 Å². The fourth-order valence-corrected chi connectivity index (χ4v) is 2.84. The molecule has 2 rings (SSSR count). The molecule has 0 fully saturated rings. The Morgan fingerprint density at radius 1 is 1.62 bits per heavy atom. The van der Waals surface area contributed by atoms with Crippen molar-refractivity contribution in [2.75, 3.05) is 0 Å². The van der Waals surface area contributed by atoms with Gasteiger partial charge in [-0.1, -0.05) is 13.0 Å². The van der Waals surface area contributed by atoms with E-state index in [1.807, 2.05) is 6.20 Å². The van der Waals surface area contributed by atoms with Gasteiger partial charge in [0.2, 0.25) is 0 Å². The molecule has 2 atom stereocenters. The molecule has 70 valence electrons. The Bertz CT molecular complexity index is 305. The molecule has 0 N–H and O–H groups in total. The van der Waals surface area contributed by atoms with Crippen LogP contribution in [0.25, 0.3) is 5.57 Å². The minimum atomic E-state index is 0.209. The summed E-state index contributed by atoms with van der Waals surface area (Å²) in [7, 11) is 0. The van der Waals surface area contributed by atoms with E-state index in [9.17, 15) is 0 Å².